The molecule has 0 saturated carbocycles. The van der Waals surface area contributed by atoms with Crippen molar-refractivity contribution in [3.63, 3.8) is 0 Å². The van der Waals surface area contributed by atoms with Crippen LogP contribution in [0, 0.1) is 0 Å². The number of carbonyl (C=O) groups is 1. The molecule has 0 spiro atoms. The summed E-state index contributed by atoms with van der Waals surface area (Å²) in [6.07, 6.45) is 8.40. The molecule has 0 saturated heterocycles. The van der Waals surface area contributed by atoms with E-state index < -0.39 is 5.97 Å². The average molecular weight is 182 g/mol. The van der Waals surface area contributed by atoms with Gasteiger partial charge in [-0.1, -0.05) is 44.4 Å². The minimum Gasteiger partial charge on any atom is -0.478 e. The van der Waals surface area contributed by atoms with E-state index in [-0.39, 0.29) is 0 Å². The van der Waals surface area contributed by atoms with Crippen molar-refractivity contribution in [3.8, 4) is 0 Å². The number of hydrogen-bond donors (Lipinski definition) is 1. The first-order valence-corrected chi connectivity index (χ1v) is 4.75. The molecule has 0 fully saturated rings. The highest BCUT2D eigenvalue weighted by Gasteiger charge is 1.92. The van der Waals surface area contributed by atoms with Crippen LogP contribution in [0.5, 0.6) is 0 Å². The van der Waals surface area contributed by atoms with Gasteiger partial charge >= 0.3 is 5.97 Å². The minimum absolute atomic E-state index is 0.901. The van der Waals surface area contributed by atoms with Crippen molar-refractivity contribution in [3.05, 3.63) is 24.3 Å². The predicted octanol–water partition coefficient (Wildman–Crippen LogP) is 3.15. The summed E-state index contributed by atoms with van der Waals surface area (Å²) in [6.45, 7) is 5.94. The Balaban J connectivity index is 3.46. The molecule has 0 aliphatic heterocycles. The summed E-state index contributed by atoms with van der Waals surface area (Å²) in [4.78, 5) is 10.2. The molecule has 0 heterocycles. The number of hydrogen-bond acceptors (Lipinski definition) is 1. The lowest BCUT2D eigenvalue weighted by Gasteiger charge is -1.98. The molecule has 2 heteroatoms. The van der Waals surface area contributed by atoms with Crippen LogP contribution in [0.3, 0.4) is 0 Å². The summed E-state index contributed by atoms with van der Waals surface area (Å²) in [7, 11) is 0. The minimum atomic E-state index is -0.908. The molecule has 74 valence electrons. The van der Waals surface area contributed by atoms with Crippen LogP contribution < -0.4 is 0 Å². The fraction of sp³-hybridized carbons (Fsp3) is 0.545. The molecule has 1 N–H and O–H groups in total. The van der Waals surface area contributed by atoms with Crippen LogP contribution in [0.1, 0.15) is 39.0 Å². The number of carboxylic acid groups (broad SMARTS) is 1. The normalized spacial score (nSPS) is 10.5. The Morgan fingerprint density at radius 2 is 2.00 bits per heavy atom. The highest BCUT2D eigenvalue weighted by Crippen LogP contribution is 2.09. The molecule has 2 nitrogen and oxygen atoms in total. The first-order chi connectivity index (χ1) is 6.16. The van der Waals surface area contributed by atoms with Crippen molar-refractivity contribution in [2.24, 2.45) is 0 Å². The number of aliphatic carboxylic acids is 1. The molecule has 0 aliphatic carbocycles. The van der Waals surface area contributed by atoms with Gasteiger partial charge in [-0.25, -0.2) is 4.79 Å². The van der Waals surface area contributed by atoms with Gasteiger partial charge in [0.15, 0.2) is 0 Å². The molecule has 0 radical (unpaired) electrons. The largest absolute Gasteiger partial charge is 0.478 e. The summed E-state index contributed by atoms with van der Waals surface area (Å²) >= 11 is 0. The maximum Gasteiger partial charge on any atom is 0.328 e. The number of carboxylic acids is 1. The monoisotopic (exact) mass is 182 g/mol. The first kappa shape index (κ1) is 11.9. The fourth-order valence-electron chi connectivity index (χ4n) is 1.05. The van der Waals surface area contributed by atoms with E-state index in [9.17, 15) is 4.79 Å². The summed E-state index contributed by atoms with van der Waals surface area (Å²) in [5.74, 6) is -0.908. The van der Waals surface area contributed by atoms with E-state index in [0.29, 0.717) is 0 Å². The van der Waals surface area contributed by atoms with Crippen molar-refractivity contribution in [2.45, 2.75) is 39.0 Å². The Bertz CT molecular complexity index is 192. The molecule has 0 aromatic heterocycles. The molecule has 0 aromatic carbocycles. The highest BCUT2D eigenvalue weighted by atomic mass is 16.4. The van der Waals surface area contributed by atoms with Crippen LogP contribution in [0.15, 0.2) is 24.3 Å². The van der Waals surface area contributed by atoms with Crippen molar-refractivity contribution in [1.29, 1.82) is 0 Å². The first-order valence-electron chi connectivity index (χ1n) is 4.75. The lowest BCUT2D eigenvalue weighted by molar-refractivity contribution is -0.131. The zero-order valence-corrected chi connectivity index (χ0v) is 8.25. The second kappa shape index (κ2) is 7.59. The molecular weight excluding hydrogens is 164 g/mol. The fourth-order valence-corrected chi connectivity index (χ4v) is 1.05. The second-order valence-electron chi connectivity index (χ2n) is 3.14. The van der Waals surface area contributed by atoms with Gasteiger partial charge in [0.05, 0.1) is 0 Å². The van der Waals surface area contributed by atoms with Crippen LogP contribution in [0.25, 0.3) is 0 Å². The second-order valence-corrected chi connectivity index (χ2v) is 3.14. The summed E-state index contributed by atoms with van der Waals surface area (Å²) < 4.78 is 0. The van der Waals surface area contributed by atoms with Gasteiger partial charge in [-0.05, 0) is 12.8 Å². The highest BCUT2D eigenvalue weighted by molar-refractivity contribution is 5.80. The topological polar surface area (TPSA) is 37.3 Å². The maximum atomic E-state index is 10.2. The predicted molar refractivity (Wildman–Crippen MR) is 54.7 cm³/mol. The van der Waals surface area contributed by atoms with E-state index in [1.807, 2.05) is 0 Å². The van der Waals surface area contributed by atoms with Crippen molar-refractivity contribution >= 4 is 5.97 Å². The third kappa shape index (κ3) is 8.86. The molecule has 0 atom stereocenters. The van der Waals surface area contributed by atoms with Gasteiger partial charge in [0, 0.05) is 6.08 Å². The lowest BCUT2D eigenvalue weighted by atomic mass is 10.1. The molecule has 0 aromatic rings. The quantitative estimate of drug-likeness (QED) is 0.373. The molecule has 0 rings (SSSR count). The molecule has 0 bridgehead atoms. The van der Waals surface area contributed by atoms with E-state index in [1.54, 1.807) is 6.08 Å². The van der Waals surface area contributed by atoms with Gasteiger partial charge < -0.3 is 5.11 Å². The van der Waals surface area contributed by atoms with E-state index in [0.717, 1.165) is 24.5 Å². The Hall–Kier alpha value is -1.05. The molecule has 0 unspecified atom stereocenters. The number of allylic oxidation sites excluding steroid dienone is 2. The summed E-state index contributed by atoms with van der Waals surface area (Å²) in [6, 6.07) is 0. The van der Waals surface area contributed by atoms with Crippen molar-refractivity contribution < 1.29 is 9.90 Å². The molecular formula is C11H18O2. The SMILES string of the molecule is C=C(/C=C/C(=O)O)CCCCCC. The van der Waals surface area contributed by atoms with Gasteiger partial charge in [-0.2, -0.15) is 0 Å². The zero-order chi connectivity index (χ0) is 10.1. The number of unbranched alkanes of at least 4 members (excludes halogenated alkanes) is 3. The van der Waals surface area contributed by atoms with E-state index in [1.165, 1.54) is 19.3 Å². The molecule has 0 amide bonds. The molecule has 13 heavy (non-hydrogen) atoms. The zero-order valence-electron chi connectivity index (χ0n) is 8.25. The third-order valence-corrected chi connectivity index (χ3v) is 1.81. The summed E-state index contributed by atoms with van der Waals surface area (Å²) in [5.41, 5.74) is 0.901. The van der Waals surface area contributed by atoms with Crippen molar-refractivity contribution in [1.82, 2.24) is 0 Å². The Morgan fingerprint density at radius 1 is 1.31 bits per heavy atom. The van der Waals surface area contributed by atoms with Crippen molar-refractivity contribution in [2.75, 3.05) is 0 Å². The van der Waals surface area contributed by atoms with Gasteiger partial charge in [0.1, 0.15) is 0 Å². The Morgan fingerprint density at radius 3 is 2.54 bits per heavy atom. The van der Waals surface area contributed by atoms with E-state index in [4.69, 9.17) is 5.11 Å². The molecule has 0 aliphatic rings. The van der Waals surface area contributed by atoms with E-state index in [2.05, 4.69) is 13.5 Å². The standard InChI is InChI=1S/C11H18O2/c1-3-4-5-6-7-10(2)8-9-11(12)13/h8-9H,2-7H2,1H3,(H,12,13)/b9-8+. The number of rotatable bonds is 7. The summed E-state index contributed by atoms with van der Waals surface area (Å²) in [5, 5.41) is 8.34. The van der Waals surface area contributed by atoms with Gasteiger partial charge in [0.2, 0.25) is 0 Å². The van der Waals surface area contributed by atoms with E-state index >= 15 is 0 Å². The lowest BCUT2D eigenvalue weighted by Crippen LogP contribution is -1.87. The van der Waals surface area contributed by atoms with Crippen LogP contribution in [0.4, 0.5) is 0 Å². The van der Waals surface area contributed by atoms with Crippen LogP contribution in [-0.2, 0) is 4.79 Å². The third-order valence-electron chi connectivity index (χ3n) is 1.81. The van der Waals surface area contributed by atoms with Gasteiger partial charge in [-0.15, -0.1) is 0 Å². The van der Waals surface area contributed by atoms with Gasteiger partial charge in [-0.3, -0.25) is 0 Å². The van der Waals surface area contributed by atoms with Crippen LogP contribution >= 0.6 is 0 Å². The van der Waals surface area contributed by atoms with Crippen LogP contribution in [0.2, 0.25) is 0 Å². The Labute approximate surface area is 80.0 Å². The Kier molecular flexibility index (Phi) is 6.98. The average Bonchev–Trinajstić information content (AvgIpc) is 2.09. The maximum absolute atomic E-state index is 10.2. The van der Waals surface area contributed by atoms with Gasteiger partial charge in [0.25, 0.3) is 0 Å². The smallest absolute Gasteiger partial charge is 0.328 e. The van der Waals surface area contributed by atoms with Crippen LogP contribution in [-0.4, -0.2) is 11.1 Å².